The second-order valence-electron chi connectivity index (χ2n) is 15.9. The van der Waals surface area contributed by atoms with E-state index >= 15 is 0 Å². The van der Waals surface area contributed by atoms with Crippen molar-refractivity contribution < 1.29 is 63.7 Å². The quantitative estimate of drug-likeness (QED) is 0.0462. The Labute approximate surface area is 369 Å². The van der Waals surface area contributed by atoms with Crippen molar-refractivity contribution in [1.82, 2.24) is 0 Å². The number of hydrogen-bond acceptors (Lipinski definition) is 14. The summed E-state index contributed by atoms with van der Waals surface area (Å²) in [4.78, 5) is 46.0. The number of fused-ring (bicyclic) bond motifs is 14. The number of phenolic OH excluding ortho intramolecular Hbond substituents is 3. The minimum absolute atomic E-state index is 0.00570. The van der Waals surface area contributed by atoms with E-state index in [4.69, 9.17) is 47.0 Å². The molecule has 0 spiro atoms. The first-order valence-electron chi connectivity index (χ1n) is 19.8. The van der Waals surface area contributed by atoms with Gasteiger partial charge in [-0.15, -0.1) is 0 Å². The molecule has 0 aromatic heterocycles. The summed E-state index contributed by atoms with van der Waals surface area (Å²) >= 11 is 12.3. The van der Waals surface area contributed by atoms with E-state index in [-0.39, 0.29) is 45.4 Å². The fourth-order valence-electron chi connectivity index (χ4n) is 7.71. The summed E-state index contributed by atoms with van der Waals surface area (Å²) in [5.41, 5.74) is -0.320. The number of halogens is 2. The molecule has 62 heavy (non-hydrogen) atoms. The van der Waals surface area contributed by atoms with Crippen LogP contribution in [0.25, 0.3) is 10.8 Å². The Morgan fingerprint density at radius 1 is 0.968 bits per heavy atom. The first-order chi connectivity index (χ1) is 29.1. The lowest BCUT2D eigenvalue weighted by molar-refractivity contribution is -0.160. The fraction of sp³-hybridized carbons (Fsp3) is 0.422. The SMILES string of the molecule is CO[C@H]1/C=C\O[C@@]2(C)Oc3c(C)c(O)c4c(O)c(c(/C=N/OCc5ccc(Cl)cc5Cl)c(O)c4c3C2=O)NC(=O)/C(C)=C\C=C/[C@H](C)[C@H](O)[C@@H](C)[C@@H](O)[C@@H](C)[C@H](OC(C)=O)[C@@H]1C. The normalized spacial score (nSPS) is 29.1. The number of aliphatic hydroxyl groups is 2. The van der Waals surface area contributed by atoms with Crippen molar-refractivity contribution in [3.8, 4) is 23.0 Å². The summed E-state index contributed by atoms with van der Waals surface area (Å²) in [7, 11) is 1.42. The molecular formula is C45H52Cl2N2O13. The van der Waals surface area contributed by atoms with Gasteiger partial charge in [-0.2, -0.15) is 0 Å². The third kappa shape index (κ3) is 9.52. The standard InChI is InChI=1S/C45H52Cl2N2O13/c1-20-11-10-12-21(2)44(57)49-35-29(18-48-60-19-27-13-14-28(46)17-30(27)47)39(54)32-33(40(35)55)38(53)25(6)42-34(32)43(56)45(8,62-42)59-16-15-31(58-9)22(3)41(61-26(7)50)24(5)37(52)23(4)36(20)51/h10-18,20,22-24,31,36-37,41,51-55H,19H2,1-9H3,(H,49,57)/b11-10-,16-15-,21-12-,48-18+/t20-,22+,23+,24+,31-,36-,37+,41+,45-/m0/s1. The highest BCUT2D eigenvalue weighted by Gasteiger charge is 2.50. The molecule has 5 bridgehead atoms. The maximum absolute atomic E-state index is 14.4. The number of phenols is 3. The molecule has 0 saturated carbocycles. The van der Waals surface area contributed by atoms with Crippen LogP contribution in [0.5, 0.6) is 23.0 Å². The first-order valence-corrected chi connectivity index (χ1v) is 20.6. The number of nitrogens with zero attached hydrogens (tertiary/aromatic N) is 1. The summed E-state index contributed by atoms with van der Waals surface area (Å²) in [6.07, 6.45) is 4.29. The molecule has 0 radical (unpaired) electrons. The van der Waals surface area contributed by atoms with Crippen molar-refractivity contribution in [1.29, 1.82) is 0 Å². The van der Waals surface area contributed by atoms with Gasteiger partial charge < -0.3 is 54.6 Å². The molecule has 9 atom stereocenters. The molecule has 15 nitrogen and oxygen atoms in total. The van der Waals surface area contributed by atoms with Gasteiger partial charge in [0.2, 0.25) is 0 Å². The number of anilines is 1. The maximum atomic E-state index is 14.4. The van der Waals surface area contributed by atoms with Gasteiger partial charge in [-0.05, 0) is 32.1 Å². The van der Waals surface area contributed by atoms with Crippen LogP contribution >= 0.6 is 23.2 Å². The molecule has 0 saturated heterocycles. The van der Waals surface area contributed by atoms with E-state index in [9.17, 15) is 39.9 Å². The number of ketones is 1. The number of rotatable bonds is 6. The molecule has 3 aromatic carbocycles. The van der Waals surface area contributed by atoms with E-state index in [2.05, 4.69) is 10.5 Å². The number of carbonyl (C=O) groups excluding carboxylic acids is 3. The van der Waals surface area contributed by atoms with Gasteiger partial charge in [-0.1, -0.05) is 80.3 Å². The number of Topliss-reactive ketones (excluding diaryl/α,β-unsaturated/α-hetero) is 1. The molecule has 3 aliphatic heterocycles. The van der Waals surface area contributed by atoms with Gasteiger partial charge in [0.1, 0.15) is 30.0 Å². The van der Waals surface area contributed by atoms with Crippen molar-refractivity contribution in [2.24, 2.45) is 28.8 Å². The number of aromatic hydroxyl groups is 3. The first kappa shape index (κ1) is 47.7. The van der Waals surface area contributed by atoms with Crippen LogP contribution in [0.4, 0.5) is 5.69 Å². The van der Waals surface area contributed by atoms with Crippen LogP contribution in [-0.2, 0) is 35.2 Å². The van der Waals surface area contributed by atoms with Gasteiger partial charge in [0.25, 0.3) is 11.7 Å². The predicted octanol–water partition coefficient (Wildman–Crippen LogP) is 7.61. The number of esters is 1. The monoisotopic (exact) mass is 898 g/mol. The van der Waals surface area contributed by atoms with Gasteiger partial charge in [0.15, 0.2) is 5.75 Å². The molecule has 334 valence electrons. The zero-order valence-electron chi connectivity index (χ0n) is 35.7. The Hall–Kier alpha value is -5.32. The fourth-order valence-corrected chi connectivity index (χ4v) is 8.17. The molecule has 3 aliphatic rings. The van der Waals surface area contributed by atoms with Gasteiger partial charge in [0, 0.05) is 76.8 Å². The number of allylic oxidation sites excluding steroid dienone is 2. The number of hydrogen-bond donors (Lipinski definition) is 6. The lowest BCUT2D eigenvalue weighted by Gasteiger charge is -2.38. The maximum Gasteiger partial charge on any atom is 0.312 e. The Bertz CT molecular complexity index is 2360. The van der Waals surface area contributed by atoms with Gasteiger partial charge in [0.05, 0.1) is 53.0 Å². The van der Waals surface area contributed by atoms with Crippen LogP contribution in [0.1, 0.15) is 75.5 Å². The minimum Gasteiger partial charge on any atom is -0.507 e. The largest absolute Gasteiger partial charge is 0.507 e. The number of amides is 1. The van der Waals surface area contributed by atoms with Crippen LogP contribution in [0.3, 0.4) is 0 Å². The summed E-state index contributed by atoms with van der Waals surface area (Å²) in [5.74, 6) is -9.00. The minimum atomic E-state index is -2.10. The second-order valence-corrected chi connectivity index (χ2v) is 16.7. The average molecular weight is 900 g/mol. The lowest BCUT2D eigenvalue weighted by atomic mass is 9.78. The van der Waals surface area contributed by atoms with Crippen LogP contribution in [0, 0.1) is 30.6 Å². The average Bonchev–Trinajstić information content (AvgIpc) is 3.49. The highest BCUT2D eigenvalue weighted by Crippen LogP contribution is 2.55. The van der Waals surface area contributed by atoms with Gasteiger partial charge in [-0.3, -0.25) is 14.4 Å². The molecule has 0 fully saturated rings. The van der Waals surface area contributed by atoms with Crippen molar-refractivity contribution in [3.63, 3.8) is 0 Å². The molecule has 6 rings (SSSR count). The van der Waals surface area contributed by atoms with E-state index in [1.165, 1.54) is 59.3 Å². The number of benzene rings is 3. The highest BCUT2D eigenvalue weighted by molar-refractivity contribution is 6.35. The van der Waals surface area contributed by atoms with Gasteiger partial charge in [-0.25, -0.2) is 0 Å². The second kappa shape index (κ2) is 19.4. The smallest absolute Gasteiger partial charge is 0.312 e. The lowest BCUT2D eigenvalue weighted by Crippen LogP contribution is -2.46. The molecule has 0 unspecified atom stereocenters. The molecule has 17 heteroatoms. The van der Waals surface area contributed by atoms with E-state index in [1.807, 2.05) is 0 Å². The van der Waals surface area contributed by atoms with Crippen LogP contribution in [0.2, 0.25) is 10.0 Å². The Kier molecular flexibility index (Phi) is 14.9. The summed E-state index contributed by atoms with van der Waals surface area (Å²) in [6, 6.07) is 4.74. The Morgan fingerprint density at radius 3 is 2.31 bits per heavy atom. The number of aliphatic hydroxyl groups excluding tert-OH is 2. The number of ether oxygens (including phenoxy) is 4. The van der Waals surface area contributed by atoms with Gasteiger partial charge >= 0.3 is 11.8 Å². The Balaban J connectivity index is 1.69. The van der Waals surface area contributed by atoms with Crippen molar-refractivity contribution in [2.45, 2.75) is 92.2 Å². The third-order valence-electron chi connectivity index (χ3n) is 11.5. The topological polar surface area (TPSA) is 223 Å². The van der Waals surface area contributed by atoms with E-state index in [1.54, 1.807) is 52.0 Å². The third-order valence-corrected chi connectivity index (χ3v) is 12.1. The summed E-state index contributed by atoms with van der Waals surface area (Å²) in [5, 5.41) is 64.9. The number of methoxy groups -OCH3 is 1. The number of carbonyl (C=O) groups is 3. The molecular weight excluding hydrogens is 847 g/mol. The Morgan fingerprint density at radius 2 is 1.66 bits per heavy atom. The van der Waals surface area contributed by atoms with Crippen molar-refractivity contribution in [3.05, 3.63) is 86.6 Å². The van der Waals surface area contributed by atoms with Crippen molar-refractivity contribution in [2.75, 3.05) is 12.4 Å². The number of oxime groups is 1. The van der Waals surface area contributed by atoms with E-state index in [0.29, 0.717) is 15.6 Å². The number of nitrogens with one attached hydrogen (secondary N) is 1. The molecule has 6 N–H and O–H groups in total. The summed E-state index contributed by atoms with van der Waals surface area (Å²) < 4.78 is 23.5. The zero-order valence-corrected chi connectivity index (χ0v) is 37.2. The van der Waals surface area contributed by atoms with Crippen LogP contribution in [-0.4, -0.2) is 86.7 Å². The molecule has 3 aromatic rings. The van der Waals surface area contributed by atoms with Crippen molar-refractivity contribution >= 4 is 63.5 Å². The van der Waals surface area contributed by atoms with E-state index in [0.717, 1.165) is 6.21 Å². The summed E-state index contributed by atoms with van der Waals surface area (Å²) in [6.45, 7) is 12.2. The van der Waals surface area contributed by atoms with Crippen LogP contribution in [0.15, 0.2) is 59.5 Å². The highest BCUT2D eigenvalue weighted by atomic mass is 35.5. The molecule has 0 aliphatic carbocycles. The molecule has 3 heterocycles. The molecule has 1 amide bonds. The zero-order chi connectivity index (χ0) is 46.0. The van der Waals surface area contributed by atoms with Crippen LogP contribution < -0.4 is 10.1 Å². The predicted molar refractivity (Wildman–Crippen MR) is 233 cm³/mol. The van der Waals surface area contributed by atoms with E-state index < -0.39 is 94.5 Å².